The van der Waals surface area contributed by atoms with Crippen molar-refractivity contribution in [3.63, 3.8) is 0 Å². The van der Waals surface area contributed by atoms with Gasteiger partial charge in [0.2, 0.25) is 11.6 Å². The monoisotopic (exact) mass is 1220 g/mol. The third kappa shape index (κ3) is 17.0. The number of aliphatic hydroxyl groups is 2. The largest absolute Gasteiger partial charge is 0.490 e. The Labute approximate surface area is 462 Å². The fourth-order valence-electron chi connectivity index (χ4n) is 9.29. The van der Waals surface area contributed by atoms with E-state index in [0.717, 1.165) is 60.5 Å². The minimum atomic E-state index is -5.79. The van der Waals surface area contributed by atoms with Crippen LogP contribution in [-0.4, -0.2) is 143 Å². The van der Waals surface area contributed by atoms with E-state index in [1.165, 1.54) is 41.5 Å². The molecule has 6 atom stereocenters. The number of aliphatic hydroxyl groups excluding tert-OH is 2. The number of aromatic nitrogens is 4. The van der Waals surface area contributed by atoms with Gasteiger partial charge in [0.15, 0.2) is 28.9 Å². The van der Waals surface area contributed by atoms with E-state index in [1.807, 2.05) is 57.7 Å². The van der Waals surface area contributed by atoms with E-state index in [4.69, 9.17) is 14.5 Å². The number of carbonyl (C=O) groups excluding carboxylic acids is 1. The Morgan fingerprint density at radius 3 is 2.15 bits per heavy atom. The number of carbonyl (C=O) groups is 1. The van der Waals surface area contributed by atoms with E-state index in [9.17, 15) is 64.4 Å². The number of phosphoric acid groups is 3. The summed E-state index contributed by atoms with van der Waals surface area (Å²) in [4.78, 5) is 63.8. The fraction of sp³-hybridized carbons (Fsp3) is 0.511. The van der Waals surface area contributed by atoms with E-state index < -0.39 is 80.3 Å². The first-order valence-electron chi connectivity index (χ1n) is 25.3. The van der Waals surface area contributed by atoms with E-state index in [-0.39, 0.29) is 32.8 Å². The number of nitrogens with one attached hydrogen (secondary N) is 2. The Bertz CT molecular complexity index is 3340. The third-order valence-electron chi connectivity index (χ3n) is 13.1. The van der Waals surface area contributed by atoms with Gasteiger partial charge in [0.25, 0.3) is 20.2 Å². The maximum Gasteiger partial charge on any atom is 0.490 e. The van der Waals surface area contributed by atoms with Crippen LogP contribution in [0.4, 0.5) is 17.2 Å². The Kier molecular flexibility index (Phi) is 21.5. The van der Waals surface area contributed by atoms with Crippen molar-refractivity contribution >= 4 is 83.7 Å². The number of hydrogen-bond acceptors (Lipinski definition) is 19. The van der Waals surface area contributed by atoms with Crippen molar-refractivity contribution in [2.75, 3.05) is 43.0 Å². The number of benzene rings is 2. The molecule has 10 N–H and O–H groups in total. The molecular weight excluding hydrogens is 1150 g/mol. The molecule has 6 rings (SSSR count). The lowest BCUT2D eigenvalue weighted by molar-refractivity contribution is -0.438. The maximum atomic E-state index is 12.8. The van der Waals surface area contributed by atoms with E-state index >= 15 is 0 Å². The summed E-state index contributed by atoms with van der Waals surface area (Å²) in [5.41, 5.74) is 3.90. The van der Waals surface area contributed by atoms with Gasteiger partial charge in [-0.05, 0) is 94.8 Å². The number of imidazole rings is 1. The second kappa shape index (κ2) is 26.7. The average molecular weight is 1220 g/mol. The number of rotatable bonds is 30. The van der Waals surface area contributed by atoms with Crippen LogP contribution in [0.25, 0.3) is 11.2 Å². The minimum absolute atomic E-state index is 0.0517. The summed E-state index contributed by atoms with van der Waals surface area (Å²) in [5, 5.41) is 27.5. The maximum absolute atomic E-state index is 12.8. The molecule has 2 aromatic carbocycles. The molecule has 80 heavy (non-hydrogen) atoms. The van der Waals surface area contributed by atoms with Crippen LogP contribution in [0.15, 0.2) is 88.8 Å². The number of unbranched alkanes of at least 4 members (excludes halogenated alkanes) is 5. The standard InChI is InChI=1S/C47H67N8O20P3S2/c1-6-53(32-18-20-33(21-19-32)79(66,67)68)36(31(2)3)15-14-16-39-47(4,5)35-27-34(80(69,70)71)22-23-37(35)54(39)26-13-9-10-17-40(56)48-24-11-7-8-12-25-49-44-41-45(51-29-50-44)55(30-52-41)46-43(58)42(57)38(73-46)28-72-77(62,63)75-78(64,65)74-76(59,60)61/h14-16,18-23,27,29-31,38,42-43,46,57-58H,6-13,17,24-26,28H2,1-5H3,(H7-,48,49,50,51,56,59,60,61,62,63,64,65,66,67,68,69,70,71)/p+1/t38-,42?,43+,46-/m1/s1. The third-order valence-corrected chi connectivity index (χ3v) is 18.7. The first-order chi connectivity index (χ1) is 37.3. The van der Waals surface area contributed by atoms with Crippen molar-refractivity contribution in [1.29, 1.82) is 0 Å². The zero-order valence-electron chi connectivity index (χ0n) is 44.3. The normalized spacial score (nSPS) is 20.4. The molecule has 2 aliphatic rings. The smallest absolute Gasteiger partial charge is 0.387 e. The molecule has 0 spiro atoms. The van der Waals surface area contributed by atoms with Crippen LogP contribution < -0.4 is 15.5 Å². The molecule has 1 amide bonds. The van der Waals surface area contributed by atoms with Crippen molar-refractivity contribution in [3.8, 4) is 0 Å². The van der Waals surface area contributed by atoms with Crippen LogP contribution in [-0.2, 0) is 62.0 Å². The van der Waals surface area contributed by atoms with Gasteiger partial charge < -0.3 is 50.1 Å². The lowest BCUT2D eigenvalue weighted by Gasteiger charge is -2.29. The SMILES string of the molecule is CCN(C(=CC=CC1=[N+](CCCCCC(=O)NCCCCCCNc2ncnc3c2ncn3[C@@H]2O[C@H](COP(=O)(O)OP(=O)(O)OP(=O)(O)O)C(O)[C@@H]2O)c2ccc(S(=O)(=O)O)cc2C1(C)C)C(C)C)c1ccc(S(=O)(=O)O)cc1. The predicted molar refractivity (Wildman–Crippen MR) is 290 cm³/mol. The first kappa shape index (κ1) is 64.5. The highest BCUT2D eigenvalue weighted by Gasteiger charge is 2.48. The van der Waals surface area contributed by atoms with Crippen LogP contribution in [0.5, 0.6) is 0 Å². The molecule has 1 fully saturated rings. The Balaban J connectivity index is 0.950. The van der Waals surface area contributed by atoms with Gasteiger partial charge in [-0.2, -0.15) is 30.0 Å². The fourth-order valence-corrected chi connectivity index (χ4v) is 13.3. The number of nitrogens with zero attached hydrogens (tertiary/aromatic N) is 6. The molecule has 442 valence electrons. The summed E-state index contributed by atoms with van der Waals surface area (Å²) in [7, 11) is -25.8. The van der Waals surface area contributed by atoms with Gasteiger partial charge in [-0.3, -0.25) is 23.0 Å². The van der Waals surface area contributed by atoms with E-state index in [1.54, 1.807) is 18.2 Å². The molecule has 28 nitrogen and oxygen atoms in total. The van der Waals surface area contributed by atoms with E-state index in [2.05, 4.69) is 43.3 Å². The second-order valence-electron chi connectivity index (χ2n) is 19.6. The number of phosphoric ester groups is 1. The number of fused-ring (bicyclic) bond motifs is 2. The van der Waals surface area contributed by atoms with Crippen molar-refractivity contribution in [3.05, 3.63) is 84.6 Å². The molecule has 33 heteroatoms. The van der Waals surface area contributed by atoms with Crippen molar-refractivity contribution < 1.29 is 96.7 Å². The molecule has 4 aromatic rings. The lowest BCUT2D eigenvalue weighted by atomic mass is 9.81. The van der Waals surface area contributed by atoms with Gasteiger partial charge in [0, 0.05) is 61.6 Å². The zero-order chi connectivity index (χ0) is 59.0. The summed E-state index contributed by atoms with van der Waals surface area (Å²) >= 11 is 0. The lowest BCUT2D eigenvalue weighted by Crippen LogP contribution is -2.33. The van der Waals surface area contributed by atoms with Gasteiger partial charge in [-0.15, -0.1) is 0 Å². The summed E-state index contributed by atoms with van der Waals surface area (Å²) < 4.78 is 123. The van der Waals surface area contributed by atoms with Crippen LogP contribution in [0.1, 0.15) is 97.8 Å². The Morgan fingerprint density at radius 1 is 0.863 bits per heavy atom. The molecule has 3 unspecified atom stereocenters. The second-order valence-corrected chi connectivity index (χ2v) is 26.9. The quantitative estimate of drug-likeness (QED) is 0.00994. The number of anilines is 2. The zero-order valence-corrected chi connectivity index (χ0v) is 48.6. The molecule has 1 saturated heterocycles. The van der Waals surface area contributed by atoms with Gasteiger partial charge in [0.05, 0.1) is 28.1 Å². The molecule has 0 aliphatic carbocycles. The van der Waals surface area contributed by atoms with Gasteiger partial charge >= 0.3 is 23.5 Å². The van der Waals surface area contributed by atoms with Crippen molar-refractivity contribution in [2.24, 2.45) is 5.92 Å². The van der Waals surface area contributed by atoms with Crippen LogP contribution in [0, 0.1) is 5.92 Å². The highest BCUT2D eigenvalue weighted by molar-refractivity contribution is 7.86. The van der Waals surface area contributed by atoms with Gasteiger partial charge in [-0.25, -0.2) is 28.6 Å². The molecule has 0 bridgehead atoms. The van der Waals surface area contributed by atoms with Crippen LogP contribution in [0.3, 0.4) is 0 Å². The summed E-state index contributed by atoms with van der Waals surface area (Å²) in [6.45, 7) is 11.2. The Morgan fingerprint density at radius 2 is 1.51 bits per heavy atom. The highest BCUT2D eigenvalue weighted by atomic mass is 32.2. The molecule has 0 saturated carbocycles. The molecule has 2 aliphatic heterocycles. The predicted octanol–water partition coefficient (Wildman–Crippen LogP) is 5.63. The van der Waals surface area contributed by atoms with Crippen molar-refractivity contribution in [1.82, 2.24) is 24.8 Å². The number of allylic oxidation sites excluding steroid dienone is 4. The summed E-state index contributed by atoms with van der Waals surface area (Å²) in [6, 6.07) is 10.6. The van der Waals surface area contributed by atoms with E-state index in [0.29, 0.717) is 51.3 Å². The van der Waals surface area contributed by atoms with Gasteiger partial charge in [-0.1, -0.05) is 32.8 Å². The number of hydrogen-bond donors (Lipinski definition) is 10. The van der Waals surface area contributed by atoms with Crippen LogP contribution in [0.2, 0.25) is 0 Å². The average Bonchev–Trinajstić information content (AvgIpc) is 3.97. The van der Waals surface area contributed by atoms with Crippen LogP contribution >= 0.6 is 23.5 Å². The number of amides is 1. The summed E-state index contributed by atoms with van der Waals surface area (Å²) in [5.74, 6) is 0.344. The first-order valence-corrected chi connectivity index (χ1v) is 32.7. The van der Waals surface area contributed by atoms with Gasteiger partial charge in [0.1, 0.15) is 31.2 Å². The molecule has 0 radical (unpaired) electrons. The molecular formula is C47H68N8O20P3S2+. The molecule has 4 heterocycles. The minimum Gasteiger partial charge on any atom is -0.387 e. The number of ether oxygens (including phenoxy) is 1. The molecule has 2 aromatic heterocycles. The highest BCUT2D eigenvalue weighted by Crippen LogP contribution is 2.66. The van der Waals surface area contributed by atoms with Crippen molar-refractivity contribution in [2.45, 2.75) is 126 Å². The Hall–Kier alpha value is -4.68. The topological polar surface area (TPSA) is 409 Å². The summed E-state index contributed by atoms with van der Waals surface area (Å²) in [6.07, 6.45) is 7.66.